The van der Waals surface area contributed by atoms with Gasteiger partial charge in [0.2, 0.25) is 0 Å². The topological polar surface area (TPSA) is 90.6 Å². The summed E-state index contributed by atoms with van der Waals surface area (Å²) in [6.45, 7) is 4.62. The van der Waals surface area contributed by atoms with Gasteiger partial charge in [-0.2, -0.15) is 5.26 Å². The van der Waals surface area contributed by atoms with Gasteiger partial charge in [-0.3, -0.25) is 4.90 Å². The van der Waals surface area contributed by atoms with E-state index in [-0.39, 0.29) is 19.6 Å². The Morgan fingerprint density at radius 2 is 2.06 bits per heavy atom. The maximum atomic E-state index is 11.5. The van der Waals surface area contributed by atoms with E-state index in [2.05, 4.69) is 0 Å². The smallest absolute Gasteiger partial charge is 0.410 e. The largest absolute Gasteiger partial charge is 0.480 e. The average Bonchev–Trinajstić information content (AvgIpc) is 2.18. The summed E-state index contributed by atoms with van der Waals surface area (Å²) in [5.74, 6) is -1.14. The van der Waals surface area contributed by atoms with Crippen LogP contribution < -0.4 is 0 Å². The first-order valence-electron chi connectivity index (χ1n) is 4.92. The van der Waals surface area contributed by atoms with Gasteiger partial charge >= 0.3 is 12.1 Å². The highest BCUT2D eigenvalue weighted by Gasteiger charge is 2.38. The van der Waals surface area contributed by atoms with Gasteiger partial charge in [-0.05, 0) is 20.8 Å². The number of carboxylic acid groups (broad SMARTS) is 1. The first kappa shape index (κ1) is 14.2. The molecule has 6 heteroatoms. The third-order valence-electron chi connectivity index (χ3n) is 2.13. The molecule has 0 aliphatic carbocycles. The lowest BCUT2D eigenvalue weighted by atomic mass is 10.0. The minimum atomic E-state index is -1.39. The lowest BCUT2D eigenvalue weighted by Gasteiger charge is -2.33. The number of aliphatic carboxylic acids is 1. The second-order valence-electron chi connectivity index (χ2n) is 3.62. The molecular weight excluding hydrogens is 212 g/mol. The van der Waals surface area contributed by atoms with E-state index >= 15 is 0 Å². The lowest BCUT2D eigenvalue weighted by molar-refractivity contribution is -0.148. The zero-order valence-electron chi connectivity index (χ0n) is 9.69. The number of hydrogen-bond donors (Lipinski definition) is 1. The van der Waals surface area contributed by atoms with E-state index in [9.17, 15) is 9.59 Å². The van der Waals surface area contributed by atoms with Crippen molar-refractivity contribution in [3.8, 4) is 6.07 Å². The third-order valence-corrected chi connectivity index (χ3v) is 2.13. The summed E-state index contributed by atoms with van der Waals surface area (Å²) in [6, 6.07) is 1.86. The van der Waals surface area contributed by atoms with Crippen LogP contribution in [0.15, 0.2) is 0 Å². The van der Waals surface area contributed by atoms with E-state index in [1.807, 2.05) is 6.07 Å². The van der Waals surface area contributed by atoms with Crippen LogP contribution in [0.2, 0.25) is 0 Å². The molecule has 0 aromatic carbocycles. The van der Waals surface area contributed by atoms with Gasteiger partial charge in [0.05, 0.1) is 19.1 Å². The predicted octanol–water partition coefficient (Wildman–Crippen LogP) is 1.22. The van der Waals surface area contributed by atoms with Gasteiger partial charge in [0, 0.05) is 6.54 Å². The van der Waals surface area contributed by atoms with Gasteiger partial charge in [-0.1, -0.05) is 0 Å². The van der Waals surface area contributed by atoms with Crippen molar-refractivity contribution in [2.45, 2.75) is 32.7 Å². The lowest BCUT2D eigenvalue weighted by Crippen LogP contribution is -2.53. The SMILES string of the molecule is CCOC(=O)N(CCC#N)C(C)(C)C(=O)O. The molecule has 0 aliphatic heterocycles. The standard InChI is InChI=1S/C10H16N2O4/c1-4-16-9(15)12(7-5-6-11)10(2,3)8(13)14/h4-5,7H2,1-3H3,(H,13,14). The monoisotopic (exact) mass is 228 g/mol. The summed E-state index contributed by atoms with van der Waals surface area (Å²) in [5.41, 5.74) is -1.39. The van der Waals surface area contributed by atoms with Crippen molar-refractivity contribution in [2.75, 3.05) is 13.2 Å². The van der Waals surface area contributed by atoms with Crippen molar-refractivity contribution in [1.82, 2.24) is 4.90 Å². The van der Waals surface area contributed by atoms with Crippen LogP contribution in [-0.4, -0.2) is 40.8 Å². The molecule has 0 rings (SSSR count). The molecule has 0 saturated heterocycles. The molecule has 0 saturated carbocycles. The van der Waals surface area contributed by atoms with Crippen molar-refractivity contribution in [1.29, 1.82) is 5.26 Å². The molecule has 1 N–H and O–H groups in total. The van der Waals surface area contributed by atoms with Crippen LogP contribution in [0.1, 0.15) is 27.2 Å². The molecule has 1 amide bonds. The normalized spacial score (nSPS) is 10.4. The Balaban J connectivity index is 4.86. The minimum absolute atomic E-state index is 0.0363. The van der Waals surface area contributed by atoms with E-state index in [4.69, 9.17) is 15.1 Å². The van der Waals surface area contributed by atoms with Crippen molar-refractivity contribution in [2.24, 2.45) is 0 Å². The van der Waals surface area contributed by atoms with E-state index in [1.54, 1.807) is 6.92 Å². The number of carbonyl (C=O) groups is 2. The molecule has 90 valence electrons. The molecule has 0 radical (unpaired) electrons. The fourth-order valence-electron chi connectivity index (χ4n) is 1.08. The summed E-state index contributed by atoms with van der Waals surface area (Å²) in [4.78, 5) is 23.6. The Bertz CT molecular complexity index is 306. The number of nitriles is 1. The number of carbonyl (C=O) groups excluding carboxylic acids is 1. The van der Waals surface area contributed by atoms with Crippen LogP contribution in [0.25, 0.3) is 0 Å². The molecule has 0 unspecified atom stereocenters. The summed E-state index contributed by atoms with van der Waals surface area (Å²) in [5, 5.41) is 17.5. The molecule has 0 aromatic heterocycles. The Labute approximate surface area is 94.4 Å². The van der Waals surface area contributed by atoms with Gasteiger partial charge in [-0.15, -0.1) is 0 Å². The number of nitrogens with zero attached hydrogens (tertiary/aromatic N) is 2. The Kier molecular flexibility index (Phi) is 5.30. The molecule has 0 spiro atoms. The van der Waals surface area contributed by atoms with Gasteiger partial charge in [-0.25, -0.2) is 9.59 Å². The number of carboxylic acids is 1. The predicted molar refractivity (Wildman–Crippen MR) is 55.7 cm³/mol. The Hall–Kier alpha value is -1.77. The molecule has 16 heavy (non-hydrogen) atoms. The molecule has 6 nitrogen and oxygen atoms in total. The van der Waals surface area contributed by atoms with E-state index < -0.39 is 17.6 Å². The summed E-state index contributed by atoms with van der Waals surface area (Å²) >= 11 is 0. The van der Waals surface area contributed by atoms with E-state index in [1.165, 1.54) is 13.8 Å². The van der Waals surface area contributed by atoms with E-state index in [0.717, 1.165) is 4.90 Å². The molecule has 0 aromatic rings. The van der Waals surface area contributed by atoms with Crippen LogP contribution in [0.5, 0.6) is 0 Å². The van der Waals surface area contributed by atoms with Crippen molar-refractivity contribution < 1.29 is 19.4 Å². The fourth-order valence-corrected chi connectivity index (χ4v) is 1.08. The van der Waals surface area contributed by atoms with Crippen molar-refractivity contribution in [3.05, 3.63) is 0 Å². The average molecular weight is 228 g/mol. The van der Waals surface area contributed by atoms with Gasteiger partial charge in [0.15, 0.2) is 0 Å². The van der Waals surface area contributed by atoms with Crippen LogP contribution >= 0.6 is 0 Å². The third kappa shape index (κ3) is 3.42. The molecule has 0 aliphatic rings. The zero-order valence-corrected chi connectivity index (χ0v) is 9.69. The highest BCUT2D eigenvalue weighted by molar-refractivity contribution is 5.83. The van der Waals surface area contributed by atoms with Gasteiger partial charge in [0.25, 0.3) is 0 Å². The Morgan fingerprint density at radius 1 is 1.50 bits per heavy atom. The summed E-state index contributed by atoms with van der Waals surface area (Å²) in [6.07, 6.45) is -0.652. The highest BCUT2D eigenvalue weighted by atomic mass is 16.6. The molecular formula is C10H16N2O4. The van der Waals surface area contributed by atoms with Crippen LogP contribution in [0.3, 0.4) is 0 Å². The molecule has 0 fully saturated rings. The van der Waals surface area contributed by atoms with Crippen LogP contribution in [0, 0.1) is 11.3 Å². The zero-order chi connectivity index (χ0) is 12.8. The minimum Gasteiger partial charge on any atom is -0.480 e. The number of rotatable bonds is 5. The summed E-state index contributed by atoms with van der Waals surface area (Å²) < 4.78 is 4.75. The van der Waals surface area contributed by atoms with Gasteiger partial charge in [0.1, 0.15) is 5.54 Å². The Morgan fingerprint density at radius 3 is 2.44 bits per heavy atom. The summed E-state index contributed by atoms with van der Waals surface area (Å²) in [7, 11) is 0. The molecule has 0 atom stereocenters. The first-order valence-corrected chi connectivity index (χ1v) is 4.92. The van der Waals surface area contributed by atoms with Crippen molar-refractivity contribution >= 4 is 12.1 Å². The quantitative estimate of drug-likeness (QED) is 0.764. The van der Waals surface area contributed by atoms with Crippen LogP contribution in [0.4, 0.5) is 4.79 Å². The van der Waals surface area contributed by atoms with Crippen LogP contribution in [-0.2, 0) is 9.53 Å². The maximum absolute atomic E-state index is 11.5. The van der Waals surface area contributed by atoms with Crippen molar-refractivity contribution in [3.63, 3.8) is 0 Å². The fraction of sp³-hybridized carbons (Fsp3) is 0.700. The molecule has 0 bridgehead atoms. The number of amides is 1. The second-order valence-corrected chi connectivity index (χ2v) is 3.62. The molecule has 0 heterocycles. The van der Waals surface area contributed by atoms with Gasteiger partial charge < -0.3 is 9.84 Å². The number of ether oxygens (including phenoxy) is 1. The highest BCUT2D eigenvalue weighted by Crippen LogP contribution is 2.16. The maximum Gasteiger partial charge on any atom is 0.410 e. The first-order chi connectivity index (χ1) is 7.37. The number of hydrogen-bond acceptors (Lipinski definition) is 4. The second kappa shape index (κ2) is 5.95. The van der Waals surface area contributed by atoms with E-state index in [0.29, 0.717) is 0 Å².